The molecule has 1 N–H and O–H groups in total. The molecule has 0 bridgehead atoms. The summed E-state index contributed by atoms with van der Waals surface area (Å²) in [5.41, 5.74) is 2.73. The molecule has 0 amide bonds. The Labute approximate surface area is 128 Å². The van der Waals surface area contributed by atoms with Crippen molar-refractivity contribution < 1.29 is 10.0 Å². The lowest BCUT2D eigenvalue weighted by atomic mass is 10.2. The van der Waals surface area contributed by atoms with Crippen molar-refractivity contribution in [3.05, 3.63) is 51.2 Å². The SMILES string of the molecule is O=[N+]([O-])c1ncsc1C(CO)n1nncc1-c1cccnc1. The predicted octanol–water partition coefficient (Wildman–Crippen LogP) is 1.29. The molecule has 9 nitrogen and oxygen atoms in total. The van der Waals surface area contributed by atoms with Crippen LogP contribution in [0.3, 0.4) is 0 Å². The van der Waals surface area contributed by atoms with E-state index in [1.165, 1.54) is 16.4 Å². The van der Waals surface area contributed by atoms with Crippen molar-refractivity contribution in [1.29, 1.82) is 0 Å². The molecule has 0 saturated heterocycles. The average Bonchev–Trinajstić information content (AvgIpc) is 3.19. The number of thiazole rings is 1. The quantitative estimate of drug-likeness (QED) is 0.556. The minimum Gasteiger partial charge on any atom is -0.394 e. The van der Waals surface area contributed by atoms with E-state index in [-0.39, 0.29) is 12.4 Å². The smallest absolute Gasteiger partial charge is 0.379 e. The summed E-state index contributed by atoms with van der Waals surface area (Å²) in [6, 6.07) is 2.85. The van der Waals surface area contributed by atoms with E-state index in [2.05, 4.69) is 20.3 Å². The normalized spacial score (nSPS) is 12.2. The van der Waals surface area contributed by atoms with Crippen molar-refractivity contribution in [1.82, 2.24) is 25.0 Å². The third kappa shape index (κ3) is 2.44. The molecule has 0 aromatic carbocycles. The first-order valence-electron chi connectivity index (χ1n) is 6.21. The number of nitro groups is 1. The molecule has 3 aromatic rings. The minimum atomic E-state index is -0.731. The van der Waals surface area contributed by atoms with Crippen LogP contribution < -0.4 is 0 Å². The van der Waals surface area contributed by atoms with E-state index in [4.69, 9.17) is 0 Å². The third-order valence-electron chi connectivity index (χ3n) is 3.05. The van der Waals surface area contributed by atoms with E-state index < -0.39 is 11.0 Å². The van der Waals surface area contributed by atoms with Gasteiger partial charge in [0.25, 0.3) is 0 Å². The van der Waals surface area contributed by atoms with Gasteiger partial charge in [-0.25, -0.2) is 4.68 Å². The van der Waals surface area contributed by atoms with Crippen LogP contribution in [0.2, 0.25) is 0 Å². The molecule has 22 heavy (non-hydrogen) atoms. The summed E-state index contributed by atoms with van der Waals surface area (Å²) in [5.74, 6) is -0.281. The Hall–Kier alpha value is -2.72. The van der Waals surface area contributed by atoms with Gasteiger partial charge in [0, 0.05) is 18.0 Å². The first-order valence-corrected chi connectivity index (χ1v) is 7.09. The summed E-state index contributed by atoms with van der Waals surface area (Å²) >= 11 is 1.10. The van der Waals surface area contributed by atoms with E-state index in [9.17, 15) is 15.2 Å². The van der Waals surface area contributed by atoms with Crippen LogP contribution in [-0.4, -0.2) is 41.6 Å². The Morgan fingerprint density at radius 2 is 2.32 bits per heavy atom. The molecule has 1 atom stereocenters. The van der Waals surface area contributed by atoms with Crippen molar-refractivity contribution in [3.8, 4) is 11.3 Å². The van der Waals surface area contributed by atoms with Crippen molar-refractivity contribution in [3.63, 3.8) is 0 Å². The van der Waals surface area contributed by atoms with Gasteiger partial charge in [0.2, 0.25) is 0 Å². The molecule has 0 aliphatic heterocycles. The van der Waals surface area contributed by atoms with E-state index in [0.29, 0.717) is 10.6 Å². The Morgan fingerprint density at radius 1 is 1.45 bits per heavy atom. The number of aliphatic hydroxyl groups is 1. The average molecular weight is 318 g/mol. The van der Waals surface area contributed by atoms with Crippen molar-refractivity contribution in [2.45, 2.75) is 6.04 Å². The molecule has 0 fully saturated rings. The number of hydrogen-bond donors (Lipinski definition) is 1. The summed E-state index contributed by atoms with van der Waals surface area (Å²) < 4.78 is 1.44. The molecule has 0 saturated carbocycles. The molecule has 0 spiro atoms. The van der Waals surface area contributed by atoms with E-state index in [1.807, 2.05) is 6.07 Å². The number of aromatic nitrogens is 5. The first kappa shape index (κ1) is 14.2. The van der Waals surface area contributed by atoms with Gasteiger partial charge in [-0.15, -0.1) is 5.10 Å². The Balaban J connectivity index is 2.08. The van der Waals surface area contributed by atoms with Crippen LogP contribution in [0.25, 0.3) is 11.3 Å². The van der Waals surface area contributed by atoms with Gasteiger partial charge >= 0.3 is 5.82 Å². The topological polar surface area (TPSA) is 120 Å². The van der Waals surface area contributed by atoms with Crippen molar-refractivity contribution in [2.75, 3.05) is 6.61 Å². The fraction of sp³-hybridized carbons (Fsp3) is 0.167. The zero-order valence-electron chi connectivity index (χ0n) is 11.1. The fourth-order valence-electron chi connectivity index (χ4n) is 2.08. The second-order valence-electron chi connectivity index (χ2n) is 4.30. The van der Waals surface area contributed by atoms with Gasteiger partial charge in [-0.05, 0) is 22.0 Å². The van der Waals surface area contributed by atoms with E-state index in [1.54, 1.807) is 18.5 Å². The number of hydrogen-bond acceptors (Lipinski definition) is 8. The van der Waals surface area contributed by atoms with Crippen LogP contribution in [0.15, 0.2) is 36.2 Å². The summed E-state index contributed by atoms with van der Waals surface area (Å²) in [6.45, 7) is -0.361. The minimum absolute atomic E-state index is 0.281. The van der Waals surface area contributed by atoms with Crippen molar-refractivity contribution in [2.24, 2.45) is 0 Å². The predicted molar refractivity (Wildman–Crippen MR) is 77.2 cm³/mol. The summed E-state index contributed by atoms with van der Waals surface area (Å²) in [7, 11) is 0. The number of aliphatic hydroxyl groups excluding tert-OH is 1. The van der Waals surface area contributed by atoms with Gasteiger partial charge in [0.05, 0.1) is 18.5 Å². The molecule has 112 valence electrons. The summed E-state index contributed by atoms with van der Waals surface area (Å²) in [4.78, 5) is 18.5. The highest BCUT2D eigenvalue weighted by molar-refractivity contribution is 7.10. The first-order chi connectivity index (χ1) is 10.7. The second kappa shape index (κ2) is 5.95. The van der Waals surface area contributed by atoms with Crippen LogP contribution in [0, 0.1) is 10.1 Å². The molecule has 3 heterocycles. The van der Waals surface area contributed by atoms with Gasteiger partial charge in [0.15, 0.2) is 5.51 Å². The molecular weight excluding hydrogens is 308 g/mol. The molecule has 0 aliphatic rings. The molecule has 3 rings (SSSR count). The lowest BCUT2D eigenvalue weighted by molar-refractivity contribution is -0.390. The molecule has 0 radical (unpaired) electrons. The summed E-state index contributed by atoms with van der Waals surface area (Å²) in [6.07, 6.45) is 4.78. The standard InChI is InChI=1S/C12H10N6O3S/c19-6-10(11-12(18(20)21)14-7-22-11)17-9(5-15-16-17)8-2-1-3-13-4-8/h1-5,7,10,19H,6H2. The van der Waals surface area contributed by atoms with Gasteiger partial charge in [0.1, 0.15) is 10.9 Å². The Morgan fingerprint density at radius 3 is 3.00 bits per heavy atom. The van der Waals surface area contributed by atoms with E-state index in [0.717, 1.165) is 16.9 Å². The molecular formula is C12H10N6O3S. The molecule has 0 aliphatic carbocycles. The maximum atomic E-state index is 11.0. The highest BCUT2D eigenvalue weighted by Gasteiger charge is 2.29. The zero-order valence-corrected chi connectivity index (χ0v) is 11.9. The zero-order chi connectivity index (χ0) is 15.5. The van der Waals surface area contributed by atoms with Gasteiger partial charge < -0.3 is 15.2 Å². The van der Waals surface area contributed by atoms with Crippen molar-refractivity contribution >= 4 is 17.2 Å². The molecule has 10 heteroatoms. The number of rotatable bonds is 5. The van der Waals surface area contributed by atoms with Gasteiger partial charge in [-0.2, -0.15) is 0 Å². The maximum absolute atomic E-state index is 11.0. The van der Waals surface area contributed by atoms with Crippen LogP contribution in [0.1, 0.15) is 10.9 Å². The third-order valence-corrected chi connectivity index (χ3v) is 3.97. The Kier molecular flexibility index (Phi) is 3.85. The van der Waals surface area contributed by atoms with Gasteiger partial charge in [-0.1, -0.05) is 16.6 Å². The molecule has 3 aromatic heterocycles. The second-order valence-corrected chi connectivity index (χ2v) is 5.19. The highest BCUT2D eigenvalue weighted by Crippen LogP contribution is 2.32. The van der Waals surface area contributed by atoms with Crippen LogP contribution in [-0.2, 0) is 0 Å². The van der Waals surface area contributed by atoms with Crippen LogP contribution in [0.4, 0.5) is 5.82 Å². The number of pyridine rings is 1. The van der Waals surface area contributed by atoms with Gasteiger partial charge in [-0.3, -0.25) is 4.98 Å². The summed E-state index contributed by atoms with van der Waals surface area (Å²) in [5, 5.41) is 28.5. The number of nitrogens with zero attached hydrogens (tertiary/aromatic N) is 6. The maximum Gasteiger partial charge on any atom is 0.379 e. The fourth-order valence-corrected chi connectivity index (χ4v) is 2.91. The van der Waals surface area contributed by atoms with Crippen LogP contribution in [0.5, 0.6) is 0 Å². The Bertz CT molecular complexity index is 787. The molecule has 1 unspecified atom stereocenters. The van der Waals surface area contributed by atoms with Crippen LogP contribution >= 0.6 is 11.3 Å². The van der Waals surface area contributed by atoms with E-state index >= 15 is 0 Å². The highest BCUT2D eigenvalue weighted by atomic mass is 32.1. The lowest BCUT2D eigenvalue weighted by Gasteiger charge is -2.14. The monoisotopic (exact) mass is 318 g/mol. The lowest BCUT2D eigenvalue weighted by Crippen LogP contribution is -2.17. The largest absolute Gasteiger partial charge is 0.394 e.